The van der Waals surface area contributed by atoms with Gasteiger partial charge in [-0.3, -0.25) is 9.59 Å². The van der Waals surface area contributed by atoms with Gasteiger partial charge in [-0.25, -0.2) is 0 Å². The smallest absolute Gasteiger partial charge is 0.249 e. The second-order valence-electron chi connectivity index (χ2n) is 6.72. The molecule has 0 aliphatic carbocycles. The second-order valence-corrected chi connectivity index (χ2v) is 6.72. The molecular formula is C21H26N2O6. The highest BCUT2D eigenvalue weighted by Crippen LogP contribution is 2.15. The van der Waals surface area contributed by atoms with Crippen molar-refractivity contribution < 1.29 is 29.3 Å². The van der Waals surface area contributed by atoms with Crippen molar-refractivity contribution in [2.24, 2.45) is 11.5 Å². The maximum Gasteiger partial charge on any atom is 0.249 e. The number of amides is 2. The largest absolute Gasteiger partial charge is 0.387 e. The molecule has 0 radical (unpaired) electrons. The van der Waals surface area contributed by atoms with Crippen LogP contribution in [0.5, 0.6) is 0 Å². The lowest BCUT2D eigenvalue weighted by molar-refractivity contribution is -0.167. The van der Waals surface area contributed by atoms with Crippen molar-refractivity contribution in [3.63, 3.8) is 0 Å². The van der Waals surface area contributed by atoms with Crippen LogP contribution in [0.2, 0.25) is 0 Å². The lowest BCUT2D eigenvalue weighted by atomic mass is 10.0. The Morgan fingerprint density at radius 1 is 0.793 bits per heavy atom. The number of rotatable bonds is 11. The van der Waals surface area contributed by atoms with Gasteiger partial charge in [-0.1, -0.05) is 60.2 Å². The predicted molar refractivity (Wildman–Crippen MR) is 105 cm³/mol. The van der Waals surface area contributed by atoms with Crippen LogP contribution in [0, 0.1) is 6.92 Å². The van der Waals surface area contributed by atoms with Gasteiger partial charge < -0.3 is 31.2 Å². The Balaban J connectivity index is 2.04. The molecule has 0 aliphatic rings. The van der Waals surface area contributed by atoms with Gasteiger partial charge in [0.25, 0.3) is 0 Å². The molecule has 0 spiro atoms. The molecule has 2 amide bonds. The number of ether oxygens (including phenoxy) is 2. The van der Waals surface area contributed by atoms with E-state index in [1.54, 1.807) is 36.4 Å². The van der Waals surface area contributed by atoms with Gasteiger partial charge in [-0.05, 0) is 18.1 Å². The van der Waals surface area contributed by atoms with Crippen LogP contribution in [0.3, 0.4) is 0 Å². The monoisotopic (exact) mass is 402 g/mol. The van der Waals surface area contributed by atoms with E-state index in [1.165, 1.54) is 0 Å². The van der Waals surface area contributed by atoms with Crippen LogP contribution in [-0.4, -0.2) is 46.4 Å². The summed E-state index contributed by atoms with van der Waals surface area (Å²) in [6, 6.07) is 16.2. The van der Waals surface area contributed by atoms with E-state index in [9.17, 15) is 19.8 Å². The summed E-state index contributed by atoms with van der Waals surface area (Å²) in [5, 5.41) is 20.8. The van der Waals surface area contributed by atoms with E-state index in [-0.39, 0.29) is 13.2 Å². The minimum atomic E-state index is -1.81. The lowest BCUT2D eigenvalue weighted by Crippen LogP contribution is -2.54. The van der Waals surface area contributed by atoms with Crippen LogP contribution in [0.1, 0.15) is 16.7 Å². The molecule has 2 rings (SSSR count). The molecule has 0 heterocycles. The molecule has 6 N–H and O–H groups in total. The fourth-order valence-corrected chi connectivity index (χ4v) is 2.69. The Hall–Kier alpha value is -2.78. The van der Waals surface area contributed by atoms with E-state index >= 15 is 0 Å². The van der Waals surface area contributed by atoms with Crippen molar-refractivity contribution in [1.29, 1.82) is 0 Å². The Morgan fingerprint density at radius 2 is 1.21 bits per heavy atom. The first-order chi connectivity index (χ1) is 13.8. The van der Waals surface area contributed by atoms with Crippen LogP contribution in [0.4, 0.5) is 0 Å². The van der Waals surface area contributed by atoms with Crippen molar-refractivity contribution in [3.8, 4) is 0 Å². The zero-order valence-corrected chi connectivity index (χ0v) is 16.1. The van der Waals surface area contributed by atoms with Gasteiger partial charge in [0, 0.05) is 0 Å². The summed E-state index contributed by atoms with van der Waals surface area (Å²) in [5.41, 5.74) is 13.2. The summed E-state index contributed by atoms with van der Waals surface area (Å²) in [6.07, 6.45) is -6.75. The topological polar surface area (TPSA) is 145 Å². The maximum absolute atomic E-state index is 11.8. The minimum absolute atomic E-state index is 0.0240. The maximum atomic E-state index is 11.8. The first-order valence-electron chi connectivity index (χ1n) is 9.07. The van der Waals surface area contributed by atoms with Crippen LogP contribution in [0.25, 0.3) is 0 Å². The number of hydrogen-bond donors (Lipinski definition) is 4. The average Bonchev–Trinajstić information content (AvgIpc) is 2.69. The molecule has 8 heteroatoms. The second kappa shape index (κ2) is 10.7. The van der Waals surface area contributed by atoms with E-state index in [0.717, 1.165) is 16.7 Å². The third-order valence-corrected chi connectivity index (χ3v) is 4.35. The molecule has 0 fully saturated rings. The number of aliphatic hydroxyl groups is 2. The molecule has 0 saturated heterocycles. The van der Waals surface area contributed by atoms with Crippen molar-refractivity contribution >= 4 is 11.8 Å². The van der Waals surface area contributed by atoms with Gasteiger partial charge in [0.15, 0.2) is 12.2 Å². The number of carbonyl (C=O) groups excluding carboxylic acids is 2. The molecule has 0 saturated carbocycles. The van der Waals surface area contributed by atoms with E-state index in [2.05, 4.69) is 0 Å². The number of aryl methyl sites for hydroxylation is 1. The molecule has 2 aromatic carbocycles. The standard InChI is InChI=1S/C21H26N2O6/c1-13-7-9-15(10-8-13)12-29-19(21(23)27)17(25)16(24)18(20(22)26)28-11-14-5-3-2-4-6-14/h2-10,16-19,24-25H,11-12H2,1H3,(H2,22,26)(H2,23,27). The van der Waals surface area contributed by atoms with Gasteiger partial charge >= 0.3 is 0 Å². The molecular weight excluding hydrogens is 376 g/mol. The molecule has 0 aromatic heterocycles. The molecule has 4 unspecified atom stereocenters. The number of primary amides is 2. The quantitative estimate of drug-likeness (QED) is 0.421. The third kappa shape index (κ3) is 6.65. The van der Waals surface area contributed by atoms with Crippen molar-refractivity contribution in [3.05, 3.63) is 71.3 Å². The molecule has 2 aromatic rings. The van der Waals surface area contributed by atoms with Crippen molar-refractivity contribution in [2.45, 2.75) is 44.6 Å². The zero-order chi connectivity index (χ0) is 21.4. The number of benzene rings is 2. The SMILES string of the molecule is Cc1ccc(COC(C(N)=O)C(O)C(O)C(OCc2ccccc2)C(N)=O)cc1. The number of carbonyl (C=O) groups is 2. The normalized spacial score (nSPS) is 15.3. The number of aliphatic hydroxyl groups excluding tert-OH is 2. The molecule has 0 bridgehead atoms. The number of nitrogens with two attached hydrogens (primary N) is 2. The Kier molecular flexibility index (Phi) is 8.29. The zero-order valence-electron chi connectivity index (χ0n) is 16.1. The number of hydrogen-bond acceptors (Lipinski definition) is 6. The van der Waals surface area contributed by atoms with Crippen molar-refractivity contribution in [1.82, 2.24) is 0 Å². The fourth-order valence-electron chi connectivity index (χ4n) is 2.69. The average molecular weight is 402 g/mol. The first kappa shape index (κ1) is 22.5. The first-order valence-corrected chi connectivity index (χ1v) is 9.07. The highest BCUT2D eigenvalue weighted by molar-refractivity contribution is 5.81. The van der Waals surface area contributed by atoms with Crippen LogP contribution in [0.15, 0.2) is 54.6 Å². The van der Waals surface area contributed by atoms with E-state index in [4.69, 9.17) is 20.9 Å². The van der Waals surface area contributed by atoms with Gasteiger partial charge in [-0.15, -0.1) is 0 Å². The molecule has 4 atom stereocenters. The summed E-state index contributed by atoms with van der Waals surface area (Å²) in [7, 11) is 0. The van der Waals surface area contributed by atoms with Gasteiger partial charge in [0.1, 0.15) is 12.2 Å². The van der Waals surface area contributed by atoms with Crippen LogP contribution in [-0.2, 0) is 32.3 Å². The summed E-state index contributed by atoms with van der Waals surface area (Å²) < 4.78 is 10.8. The summed E-state index contributed by atoms with van der Waals surface area (Å²) in [6.45, 7) is 1.88. The minimum Gasteiger partial charge on any atom is -0.387 e. The van der Waals surface area contributed by atoms with E-state index in [1.807, 2.05) is 25.1 Å². The fraction of sp³-hybridized carbons (Fsp3) is 0.333. The van der Waals surface area contributed by atoms with Gasteiger partial charge in [0.05, 0.1) is 13.2 Å². The van der Waals surface area contributed by atoms with Gasteiger partial charge in [-0.2, -0.15) is 0 Å². The Morgan fingerprint density at radius 3 is 1.62 bits per heavy atom. The summed E-state index contributed by atoms with van der Waals surface area (Å²) >= 11 is 0. The Bertz CT molecular complexity index is 797. The molecule has 8 nitrogen and oxygen atoms in total. The molecule has 29 heavy (non-hydrogen) atoms. The highest BCUT2D eigenvalue weighted by Gasteiger charge is 2.39. The van der Waals surface area contributed by atoms with Gasteiger partial charge in [0.2, 0.25) is 11.8 Å². The summed E-state index contributed by atoms with van der Waals surface area (Å²) in [4.78, 5) is 23.5. The van der Waals surface area contributed by atoms with E-state index in [0.29, 0.717) is 0 Å². The van der Waals surface area contributed by atoms with Crippen LogP contribution >= 0.6 is 0 Å². The lowest BCUT2D eigenvalue weighted by Gasteiger charge is -2.29. The third-order valence-electron chi connectivity index (χ3n) is 4.35. The highest BCUT2D eigenvalue weighted by atomic mass is 16.5. The molecule has 0 aliphatic heterocycles. The summed E-state index contributed by atoms with van der Waals surface area (Å²) in [5.74, 6) is -1.98. The Labute approximate surface area is 169 Å². The predicted octanol–water partition coefficient (Wildman–Crippen LogP) is 0.158. The van der Waals surface area contributed by atoms with Crippen molar-refractivity contribution in [2.75, 3.05) is 0 Å². The van der Waals surface area contributed by atoms with Crippen LogP contribution < -0.4 is 11.5 Å². The molecule has 156 valence electrons. The van der Waals surface area contributed by atoms with E-state index < -0.39 is 36.2 Å².